The monoisotopic (exact) mass is 239 g/mol. The number of aryl methyl sites for hydroxylation is 2. The van der Waals surface area contributed by atoms with E-state index in [1.165, 1.54) is 37.0 Å². The van der Waals surface area contributed by atoms with E-state index in [0.29, 0.717) is 12.0 Å². The minimum absolute atomic E-state index is 0.312. The van der Waals surface area contributed by atoms with Gasteiger partial charge in [0.1, 0.15) is 0 Å². The highest BCUT2D eigenvalue weighted by Crippen LogP contribution is 2.37. The maximum atomic E-state index is 5.74. The minimum atomic E-state index is 0.312. The molecule has 0 bridgehead atoms. The van der Waals surface area contributed by atoms with E-state index >= 15 is 0 Å². The summed E-state index contributed by atoms with van der Waals surface area (Å²) in [7, 11) is 0. The highest BCUT2D eigenvalue weighted by atomic mass is 32.1. The molecular formula is C12H21N3S. The molecule has 1 saturated carbocycles. The molecule has 0 aromatic carbocycles. The van der Waals surface area contributed by atoms with Crippen molar-refractivity contribution in [3.63, 3.8) is 0 Å². The largest absolute Gasteiger partial charge is 0.271 e. The summed E-state index contributed by atoms with van der Waals surface area (Å²) >= 11 is 1.79. The third-order valence-corrected chi connectivity index (χ3v) is 4.68. The van der Waals surface area contributed by atoms with Crippen LogP contribution in [-0.4, -0.2) is 4.98 Å². The Balaban J connectivity index is 2.17. The highest BCUT2D eigenvalue weighted by molar-refractivity contribution is 7.11. The molecule has 1 fully saturated rings. The summed E-state index contributed by atoms with van der Waals surface area (Å²) in [6.45, 7) is 4.15. The summed E-state index contributed by atoms with van der Waals surface area (Å²) in [5.74, 6) is 6.43. The number of thiazole rings is 1. The van der Waals surface area contributed by atoms with E-state index in [-0.39, 0.29) is 0 Å². The predicted octanol–water partition coefficient (Wildman–Crippen LogP) is 2.84. The van der Waals surface area contributed by atoms with Crippen LogP contribution in [0, 0.1) is 19.8 Å². The molecule has 1 unspecified atom stereocenters. The van der Waals surface area contributed by atoms with E-state index in [9.17, 15) is 0 Å². The number of nitrogens with one attached hydrogen (secondary N) is 1. The van der Waals surface area contributed by atoms with Crippen molar-refractivity contribution in [2.75, 3.05) is 0 Å². The third-order valence-electron chi connectivity index (χ3n) is 3.52. The maximum absolute atomic E-state index is 5.74. The van der Waals surface area contributed by atoms with Crippen molar-refractivity contribution in [1.82, 2.24) is 10.4 Å². The molecule has 1 aromatic heterocycles. The molecule has 4 heteroatoms. The molecule has 0 aliphatic heterocycles. The van der Waals surface area contributed by atoms with Gasteiger partial charge in [-0.05, 0) is 32.6 Å². The lowest BCUT2D eigenvalue weighted by atomic mass is 9.83. The lowest BCUT2D eigenvalue weighted by molar-refractivity contribution is 0.275. The van der Waals surface area contributed by atoms with E-state index in [1.54, 1.807) is 11.3 Å². The summed E-state index contributed by atoms with van der Waals surface area (Å²) in [6, 6.07) is 0.312. The molecule has 3 nitrogen and oxygen atoms in total. The van der Waals surface area contributed by atoms with Crippen molar-refractivity contribution in [3.05, 3.63) is 15.6 Å². The molecule has 3 N–H and O–H groups in total. The van der Waals surface area contributed by atoms with E-state index in [4.69, 9.17) is 5.84 Å². The van der Waals surface area contributed by atoms with Gasteiger partial charge in [-0.25, -0.2) is 4.98 Å². The Kier molecular flexibility index (Phi) is 3.95. The lowest BCUT2D eigenvalue weighted by Gasteiger charge is -2.29. The van der Waals surface area contributed by atoms with Crippen LogP contribution < -0.4 is 11.3 Å². The van der Waals surface area contributed by atoms with Crippen LogP contribution >= 0.6 is 11.3 Å². The fourth-order valence-corrected chi connectivity index (χ4v) is 3.81. The summed E-state index contributed by atoms with van der Waals surface area (Å²) in [5, 5.41) is 1.14. The van der Waals surface area contributed by atoms with E-state index < -0.39 is 0 Å². The molecule has 1 aliphatic carbocycles. The molecule has 1 heterocycles. The van der Waals surface area contributed by atoms with Gasteiger partial charge in [-0.2, -0.15) is 0 Å². The number of hydrogen-bond acceptors (Lipinski definition) is 4. The fourth-order valence-electron chi connectivity index (χ4n) is 2.73. The SMILES string of the molecule is Cc1nc(C)c(C(NN)C2CCCCC2)s1. The Hall–Kier alpha value is -0.450. The zero-order valence-corrected chi connectivity index (χ0v) is 10.9. The summed E-state index contributed by atoms with van der Waals surface area (Å²) in [4.78, 5) is 5.84. The molecule has 0 saturated heterocycles. The first-order valence-electron chi connectivity index (χ1n) is 6.12. The lowest BCUT2D eigenvalue weighted by Crippen LogP contribution is -2.34. The van der Waals surface area contributed by atoms with Gasteiger partial charge in [0.15, 0.2) is 0 Å². The normalized spacial score (nSPS) is 19.9. The average molecular weight is 239 g/mol. The second-order valence-electron chi connectivity index (χ2n) is 4.72. The summed E-state index contributed by atoms with van der Waals surface area (Å²) in [5.41, 5.74) is 4.16. The maximum Gasteiger partial charge on any atom is 0.0900 e. The molecule has 0 amide bonds. The van der Waals surface area contributed by atoms with Crippen molar-refractivity contribution in [1.29, 1.82) is 0 Å². The van der Waals surface area contributed by atoms with E-state index in [2.05, 4.69) is 24.3 Å². The zero-order valence-electron chi connectivity index (χ0n) is 10.1. The zero-order chi connectivity index (χ0) is 11.5. The number of nitrogens with two attached hydrogens (primary N) is 1. The fraction of sp³-hybridized carbons (Fsp3) is 0.750. The molecule has 0 radical (unpaired) electrons. The van der Waals surface area contributed by atoms with Gasteiger partial charge in [-0.3, -0.25) is 11.3 Å². The van der Waals surface area contributed by atoms with E-state index in [1.807, 2.05) is 0 Å². The van der Waals surface area contributed by atoms with Gasteiger partial charge in [0.2, 0.25) is 0 Å². The number of rotatable bonds is 3. The number of hydrazine groups is 1. The van der Waals surface area contributed by atoms with Crippen LogP contribution in [0.4, 0.5) is 0 Å². The Bertz CT molecular complexity index is 342. The first-order chi connectivity index (χ1) is 7.72. The smallest absolute Gasteiger partial charge is 0.0900 e. The molecule has 2 rings (SSSR count). The van der Waals surface area contributed by atoms with Gasteiger partial charge < -0.3 is 0 Å². The van der Waals surface area contributed by atoms with Crippen molar-refractivity contribution in [2.24, 2.45) is 11.8 Å². The molecule has 1 aliphatic rings. The van der Waals surface area contributed by atoms with Crippen LogP contribution in [0.3, 0.4) is 0 Å². The Labute approximate surface area is 101 Å². The first kappa shape index (κ1) is 12.0. The Morgan fingerprint density at radius 2 is 2.00 bits per heavy atom. The van der Waals surface area contributed by atoms with Gasteiger partial charge in [0.25, 0.3) is 0 Å². The number of hydrogen-bond donors (Lipinski definition) is 2. The van der Waals surface area contributed by atoms with E-state index in [0.717, 1.165) is 10.7 Å². The van der Waals surface area contributed by atoms with Gasteiger partial charge in [-0.1, -0.05) is 19.3 Å². The van der Waals surface area contributed by atoms with Gasteiger partial charge in [-0.15, -0.1) is 11.3 Å². The molecule has 0 spiro atoms. The van der Waals surface area contributed by atoms with Crippen molar-refractivity contribution >= 4 is 11.3 Å². The minimum Gasteiger partial charge on any atom is -0.271 e. The molecule has 16 heavy (non-hydrogen) atoms. The predicted molar refractivity (Wildman–Crippen MR) is 68.2 cm³/mol. The molecule has 90 valence electrons. The molecule has 1 aromatic rings. The third kappa shape index (κ3) is 2.44. The summed E-state index contributed by atoms with van der Waals surface area (Å²) < 4.78 is 0. The quantitative estimate of drug-likeness (QED) is 0.630. The topological polar surface area (TPSA) is 50.9 Å². The molecule has 1 atom stereocenters. The molecular weight excluding hydrogens is 218 g/mol. The van der Waals surface area contributed by atoms with Gasteiger partial charge in [0.05, 0.1) is 16.7 Å². The second kappa shape index (κ2) is 5.25. The Morgan fingerprint density at radius 3 is 2.50 bits per heavy atom. The highest BCUT2D eigenvalue weighted by Gasteiger charge is 2.26. The number of aromatic nitrogens is 1. The standard InChI is InChI=1S/C12H21N3S/c1-8-12(16-9(2)14-8)11(15-13)10-6-4-3-5-7-10/h10-11,15H,3-7,13H2,1-2H3. The first-order valence-corrected chi connectivity index (χ1v) is 6.94. The van der Waals surface area contributed by atoms with Crippen molar-refractivity contribution in [2.45, 2.75) is 52.0 Å². The van der Waals surface area contributed by atoms with Crippen LogP contribution in [-0.2, 0) is 0 Å². The summed E-state index contributed by atoms with van der Waals surface area (Å²) in [6.07, 6.45) is 6.67. The van der Waals surface area contributed by atoms with Gasteiger partial charge >= 0.3 is 0 Å². The second-order valence-corrected chi connectivity index (χ2v) is 5.96. The Morgan fingerprint density at radius 1 is 1.31 bits per heavy atom. The van der Waals surface area contributed by atoms with Crippen molar-refractivity contribution < 1.29 is 0 Å². The van der Waals surface area contributed by atoms with Crippen LogP contribution in [0.2, 0.25) is 0 Å². The van der Waals surface area contributed by atoms with Crippen molar-refractivity contribution in [3.8, 4) is 0 Å². The van der Waals surface area contributed by atoms with Crippen LogP contribution in [0.25, 0.3) is 0 Å². The average Bonchev–Trinajstić information content (AvgIpc) is 2.61. The van der Waals surface area contributed by atoms with Crippen LogP contribution in [0.5, 0.6) is 0 Å². The van der Waals surface area contributed by atoms with Crippen LogP contribution in [0.15, 0.2) is 0 Å². The van der Waals surface area contributed by atoms with Crippen LogP contribution in [0.1, 0.15) is 53.7 Å². The van der Waals surface area contributed by atoms with Gasteiger partial charge in [0, 0.05) is 4.88 Å². The number of nitrogens with zero attached hydrogens (tertiary/aromatic N) is 1.